The summed E-state index contributed by atoms with van der Waals surface area (Å²) < 4.78 is 33.1. The largest absolute Gasteiger partial charge is 0.491 e. The predicted molar refractivity (Wildman–Crippen MR) is 111 cm³/mol. The molecule has 1 amide bonds. The van der Waals surface area contributed by atoms with Crippen molar-refractivity contribution < 1.29 is 23.4 Å². The highest BCUT2D eigenvalue weighted by atomic mass is 19.1. The first-order valence-corrected chi connectivity index (χ1v) is 9.62. The topological polar surface area (TPSA) is 58.6 Å². The summed E-state index contributed by atoms with van der Waals surface area (Å²) >= 11 is 0. The average molecular weight is 411 g/mol. The van der Waals surface area contributed by atoms with Crippen molar-refractivity contribution in [1.29, 1.82) is 0 Å². The quantitative estimate of drug-likeness (QED) is 0.582. The third-order valence-corrected chi connectivity index (χ3v) is 4.46. The second kappa shape index (κ2) is 9.50. The number of aliphatic hydroxyl groups excluding tert-OH is 1. The molecular weight excluding hydrogens is 388 g/mol. The van der Waals surface area contributed by atoms with Gasteiger partial charge >= 0.3 is 0 Å². The van der Waals surface area contributed by atoms with Crippen molar-refractivity contribution in [3.63, 3.8) is 0 Å². The summed E-state index contributed by atoms with van der Waals surface area (Å²) in [4.78, 5) is 12.4. The molecule has 3 rings (SSSR count). The molecule has 4 nitrogen and oxygen atoms in total. The van der Waals surface area contributed by atoms with Crippen LogP contribution in [0.2, 0.25) is 0 Å². The maximum Gasteiger partial charge on any atom is 0.254 e. The van der Waals surface area contributed by atoms with Gasteiger partial charge in [0.25, 0.3) is 5.91 Å². The maximum atomic E-state index is 14.5. The Morgan fingerprint density at radius 3 is 2.37 bits per heavy atom. The van der Waals surface area contributed by atoms with Crippen LogP contribution in [0.1, 0.15) is 35.9 Å². The van der Waals surface area contributed by atoms with Crippen molar-refractivity contribution in [2.24, 2.45) is 0 Å². The van der Waals surface area contributed by atoms with Gasteiger partial charge in [0.05, 0.1) is 17.8 Å². The van der Waals surface area contributed by atoms with Crippen LogP contribution in [0.5, 0.6) is 5.75 Å². The molecule has 6 heteroatoms. The number of aliphatic hydroxyl groups is 1. The van der Waals surface area contributed by atoms with Crippen molar-refractivity contribution in [3.8, 4) is 16.9 Å². The normalized spacial score (nSPS) is 11.9. The molecule has 1 atom stereocenters. The second-order valence-electron chi connectivity index (χ2n) is 7.17. The molecule has 156 valence electrons. The van der Waals surface area contributed by atoms with E-state index in [2.05, 4.69) is 5.32 Å². The number of hydrogen-bond acceptors (Lipinski definition) is 3. The highest BCUT2D eigenvalue weighted by molar-refractivity contribution is 5.95. The summed E-state index contributed by atoms with van der Waals surface area (Å²) in [5.74, 6) is -1.09. The van der Waals surface area contributed by atoms with Gasteiger partial charge in [0.1, 0.15) is 17.4 Å². The standard InChI is InChI=1S/C24H23F2NO3/c1-15(2)30-20-5-3-4-18(12-20)23(28)14-27-24(29)21-11-8-17(13-22(21)26)16-6-9-19(25)10-7-16/h3-13,15,23,28H,14H2,1-2H3,(H,27,29). The molecule has 30 heavy (non-hydrogen) atoms. The molecule has 0 heterocycles. The monoisotopic (exact) mass is 411 g/mol. The molecule has 0 aliphatic rings. The van der Waals surface area contributed by atoms with E-state index in [1.807, 2.05) is 13.8 Å². The van der Waals surface area contributed by atoms with E-state index in [1.54, 1.807) is 30.3 Å². The number of benzene rings is 3. The van der Waals surface area contributed by atoms with Gasteiger partial charge in [-0.2, -0.15) is 0 Å². The summed E-state index contributed by atoms with van der Waals surface area (Å²) in [6.07, 6.45) is -0.968. The Morgan fingerprint density at radius 1 is 1.00 bits per heavy atom. The van der Waals surface area contributed by atoms with Gasteiger partial charge in [0, 0.05) is 6.54 Å². The summed E-state index contributed by atoms with van der Waals surface area (Å²) in [5, 5.41) is 12.9. The lowest BCUT2D eigenvalue weighted by Gasteiger charge is -2.15. The Kier molecular flexibility index (Phi) is 6.79. The SMILES string of the molecule is CC(C)Oc1cccc(C(O)CNC(=O)c2ccc(-c3ccc(F)cc3)cc2F)c1. The van der Waals surface area contributed by atoms with Crippen molar-refractivity contribution in [1.82, 2.24) is 5.32 Å². The fourth-order valence-electron chi connectivity index (χ4n) is 2.99. The van der Waals surface area contributed by atoms with Crippen LogP contribution in [0.25, 0.3) is 11.1 Å². The highest BCUT2D eigenvalue weighted by Crippen LogP contribution is 2.23. The van der Waals surface area contributed by atoms with E-state index in [4.69, 9.17) is 4.74 Å². The lowest BCUT2D eigenvalue weighted by Crippen LogP contribution is -2.29. The highest BCUT2D eigenvalue weighted by Gasteiger charge is 2.16. The predicted octanol–water partition coefficient (Wildman–Crippen LogP) is 4.88. The number of rotatable bonds is 7. The van der Waals surface area contributed by atoms with Crippen LogP contribution in [0.3, 0.4) is 0 Å². The molecule has 3 aromatic rings. The molecule has 0 radical (unpaired) electrons. The Balaban J connectivity index is 1.65. The maximum absolute atomic E-state index is 14.5. The first-order chi connectivity index (χ1) is 14.3. The van der Waals surface area contributed by atoms with Gasteiger partial charge in [-0.1, -0.05) is 30.3 Å². The molecular formula is C24H23F2NO3. The van der Waals surface area contributed by atoms with Crippen molar-refractivity contribution in [2.45, 2.75) is 26.1 Å². The van der Waals surface area contributed by atoms with Gasteiger partial charge in [-0.25, -0.2) is 8.78 Å². The van der Waals surface area contributed by atoms with Gasteiger partial charge in [-0.05, 0) is 66.9 Å². The molecule has 0 bridgehead atoms. The Hall–Kier alpha value is -3.25. The molecule has 0 aliphatic heterocycles. The fraction of sp³-hybridized carbons (Fsp3) is 0.208. The van der Waals surface area contributed by atoms with E-state index in [9.17, 15) is 18.7 Å². The van der Waals surface area contributed by atoms with E-state index in [0.717, 1.165) is 0 Å². The van der Waals surface area contributed by atoms with Crippen molar-refractivity contribution in [3.05, 3.63) is 89.5 Å². The minimum absolute atomic E-state index is 0.00190. The minimum atomic E-state index is -0.966. The van der Waals surface area contributed by atoms with Crippen LogP contribution < -0.4 is 10.1 Å². The zero-order valence-electron chi connectivity index (χ0n) is 16.7. The van der Waals surface area contributed by atoms with Gasteiger partial charge in [0.2, 0.25) is 0 Å². The molecule has 0 spiro atoms. The van der Waals surface area contributed by atoms with E-state index >= 15 is 0 Å². The number of carbonyl (C=O) groups excluding carboxylic acids is 1. The molecule has 2 N–H and O–H groups in total. The average Bonchev–Trinajstić information content (AvgIpc) is 2.72. The van der Waals surface area contributed by atoms with Crippen molar-refractivity contribution in [2.75, 3.05) is 6.54 Å². The molecule has 3 aromatic carbocycles. The second-order valence-corrected chi connectivity index (χ2v) is 7.17. The summed E-state index contributed by atoms with van der Waals surface area (Å²) in [5.41, 5.74) is 1.62. The van der Waals surface area contributed by atoms with E-state index in [-0.39, 0.29) is 24.0 Å². The van der Waals surface area contributed by atoms with E-state index in [1.165, 1.54) is 36.4 Å². The van der Waals surface area contributed by atoms with E-state index in [0.29, 0.717) is 22.4 Å². The van der Waals surface area contributed by atoms with Crippen LogP contribution in [-0.2, 0) is 0 Å². The number of ether oxygens (including phenoxy) is 1. The number of nitrogens with one attached hydrogen (secondary N) is 1. The third-order valence-electron chi connectivity index (χ3n) is 4.46. The first-order valence-electron chi connectivity index (χ1n) is 9.62. The van der Waals surface area contributed by atoms with Crippen LogP contribution in [0, 0.1) is 11.6 Å². The number of halogens is 2. The zero-order valence-corrected chi connectivity index (χ0v) is 16.7. The van der Waals surface area contributed by atoms with Crippen LogP contribution in [0.4, 0.5) is 8.78 Å². The summed E-state index contributed by atoms with van der Waals surface area (Å²) in [7, 11) is 0. The van der Waals surface area contributed by atoms with Crippen molar-refractivity contribution >= 4 is 5.91 Å². The summed E-state index contributed by atoms with van der Waals surface area (Å²) in [6, 6.07) is 16.8. The molecule has 0 saturated heterocycles. The smallest absolute Gasteiger partial charge is 0.254 e. The van der Waals surface area contributed by atoms with Crippen LogP contribution >= 0.6 is 0 Å². The van der Waals surface area contributed by atoms with Crippen LogP contribution in [0.15, 0.2) is 66.7 Å². The van der Waals surface area contributed by atoms with Gasteiger partial charge in [-0.15, -0.1) is 0 Å². The number of hydrogen-bond donors (Lipinski definition) is 2. The number of amides is 1. The lowest BCUT2D eigenvalue weighted by atomic mass is 10.0. The Morgan fingerprint density at radius 2 is 1.70 bits per heavy atom. The number of carbonyl (C=O) groups is 1. The Bertz CT molecular complexity index is 1020. The lowest BCUT2D eigenvalue weighted by molar-refractivity contribution is 0.0912. The molecule has 0 aromatic heterocycles. The van der Waals surface area contributed by atoms with Gasteiger partial charge in [-0.3, -0.25) is 4.79 Å². The van der Waals surface area contributed by atoms with Gasteiger partial charge < -0.3 is 15.2 Å². The fourth-order valence-corrected chi connectivity index (χ4v) is 2.99. The minimum Gasteiger partial charge on any atom is -0.491 e. The summed E-state index contributed by atoms with van der Waals surface area (Å²) in [6.45, 7) is 3.72. The Labute approximate surface area is 174 Å². The third kappa shape index (κ3) is 5.42. The zero-order chi connectivity index (χ0) is 21.7. The van der Waals surface area contributed by atoms with Gasteiger partial charge in [0.15, 0.2) is 0 Å². The first kappa shape index (κ1) is 21.5. The molecule has 0 fully saturated rings. The molecule has 1 unspecified atom stereocenters. The van der Waals surface area contributed by atoms with Crippen LogP contribution in [-0.4, -0.2) is 23.7 Å². The van der Waals surface area contributed by atoms with E-state index < -0.39 is 17.8 Å². The molecule has 0 saturated carbocycles. The molecule has 0 aliphatic carbocycles.